The van der Waals surface area contributed by atoms with Crippen LogP contribution >= 0.6 is 11.8 Å². The Kier molecular flexibility index (Phi) is 7.48. The Bertz CT molecular complexity index is 1190. The van der Waals surface area contributed by atoms with Gasteiger partial charge in [0.05, 0.1) is 29.2 Å². The van der Waals surface area contributed by atoms with E-state index in [9.17, 15) is 19.5 Å². The van der Waals surface area contributed by atoms with Gasteiger partial charge in [-0.25, -0.2) is 0 Å². The number of hydrogen-bond donors (Lipinski definition) is 1. The Balaban J connectivity index is 1.63. The molecule has 39 heavy (non-hydrogen) atoms. The van der Waals surface area contributed by atoms with Crippen LogP contribution in [0.15, 0.2) is 54.6 Å². The minimum Gasteiger partial charge on any atom is -0.394 e. The van der Waals surface area contributed by atoms with Gasteiger partial charge >= 0.3 is 0 Å². The number of benzene rings is 1. The lowest BCUT2D eigenvalue weighted by atomic mass is 9.74. The van der Waals surface area contributed by atoms with E-state index in [4.69, 9.17) is 0 Å². The van der Waals surface area contributed by atoms with Gasteiger partial charge < -0.3 is 19.8 Å². The third-order valence-corrected chi connectivity index (χ3v) is 11.1. The zero-order valence-corrected chi connectivity index (χ0v) is 24.4. The van der Waals surface area contributed by atoms with Crippen molar-refractivity contribution in [3.63, 3.8) is 0 Å². The van der Waals surface area contributed by atoms with Crippen molar-refractivity contribution in [2.45, 2.75) is 75.2 Å². The molecule has 1 N–H and O–H groups in total. The third-order valence-electron chi connectivity index (χ3n) is 9.29. The SMILES string of the molecule is CC[C@H](C)[C@H](CO)N1C(=O)[C@@H]2[C@H]3C(=O)N(Cc4ccccc4)CC=C[C@@]3(C)S[C@@]23C=CCN(C(C)C)C(=O)C13. The Hall–Kier alpha value is -2.58. The number of fused-ring (bicyclic) bond motifs is 2. The molecule has 5 rings (SSSR count). The van der Waals surface area contributed by atoms with E-state index in [0.717, 1.165) is 12.0 Å². The first-order valence-electron chi connectivity index (χ1n) is 14.2. The predicted octanol–water partition coefficient (Wildman–Crippen LogP) is 3.49. The van der Waals surface area contributed by atoms with Crippen molar-refractivity contribution in [1.29, 1.82) is 0 Å². The summed E-state index contributed by atoms with van der Waals surface area (Å²) in [4.78, 5) is 48.7. The fourth-order valence-corrected chi connectivity index (χ4v) is 9.26. The van der Waals surface area contributed by atoms with Crippen molar-refractivity contribution in [1.82, 2.24) is 14.7 Å². The number of carbonyl (C=O) groups is 3. The zero-order chi connectivity index (χ0) is 28.1. The van der Waals surface area contributed by atoms with Crippen LogP contribution in [0.1, 0.15) is 46.6 Å². The standard InChI is InChI=1S/C31H41N3O4S/c1-6-21(4)23(19-35)34-26-29(38)33(20(2)3)17-11-15-31(26)25(28(34)37)24-27(36)32(16-10-14-30(24,5)39-31)18-22-12-8-7-9-13-22/h7-15,20-21,23-26,35H,6,16-19H2,1-5H3/t21-,23-,24-,25-,26?,30+,31-/m0/s1. The van der Waals surface area contributed by atoms with Gasteiger partial charge in [0.15, 0.2) is 0 Å². The first kappa shape index (κ1) is 28.0. The minimum absolute atomic E-state index is 0.00180. The number of thioether (sulfide) groups is 1. The van der Waals surface area contributed by atoms with Crippen molar-refractivity contribution in [2.75, 3.05) is 19.7 Å². The molecule has 210 valence electrons. The number of amides is 3. The van der Waals surface area contributed by atoms with Crippen LogP contribution in [0, 0.1) is 17.8 Å². The molecule has 4 aliphatic rings. The van der Waals surface area contributed by atoms with Crippen LogP contribution in [-0.4, -0.2) is 84.8 Å². The second-order valence-corrected chi connectivity index (χ2v) is 13.8. The lowest BCUT2D eigenvalue weighted by Crippen LogP contribution is -2.58. The first-order chi connectivity index (χ1) is 18.6. The highest BCUT2D eigenvalue weighted by Crippen LogP contribution is 2.66. The van der Waals surface area contributed by atoms with Crippen molar-refractivity contribution in [3.8, 4) is 0 Å². The molecule has 0 saturated carbocycles. The molecule has 0 aromatic heterocycles. The van der Waals surface area contributed by atoms with Crippen molar-refractivity contribution in [3.05, 3.63) is 60.2 Å². The summed E-state index contributed by atoms with van der Waals surface area (Å²) < 4.78 is -1.54. The number of carbonyl (C=O) groups excluding carboxylic acids is 3. The molecule has 0 radical (unpaired) electrons. The molecule has 4 heterocycles. The predicted molar refractivity (Wildman–Crippen MR) is 154 cm³/mol. The monoisotopic (exact) mass is 551 g/mol. The quantitative estimate of drug-likeness (QED) is 0.525. The van der Waals surface area contributed by atoms with E-state index in [1.807, 2.05) is 86.9 Å². The molecule has 2 saturated heterocycles. The van der Waals surface area contributed by atoms with E-state index >= 15 is 0 Å². The summed E-state index contributed by atoms with van der Waals surface area (Å²) in [6.07, 6.45) is 8.96. The molecule has 2 fully saturated rings. The van der Waals surface area contributed by atoms with Gasteiger partial charge in [-0.15, -0.1) is 11.8 Å². The Labute approximate surface area is 236 Å². The smallest absolute Gasteiger partial charge is 0.247 e. The average Bonchev–Trinajstić information content (AvgIpc) is 3.18. The molecule has 0 bridgehead atoms. The number of hydrogen-bond acceptors (Lipinski definition) is 5. The van der Waals surface area contributed by atoms with Crippen LogP contribution in [0.4, 0.5) is 0 Å². The zero-order valence-electron chi connectivity index (χ0n) is 23.6. The number of aliphatic hydroxyl groups excluding tert-OH is 1. The molecule has 8 heteroatoms. The summed E-state index contributed by atoms with van der Waals surface area (Å²) >= 11 is 1.60. The first-order valence-corrected chi connectivity index (χ1v) is 15.0. The lowest BCUT2D eigenvalue weighted by molar-refractivity contribution is -0.149. The van der Waals surface area contributed by atoms with Crippen LogP contribution in [0.2, 0.25) is 0 Å². The molecule has 3 amide bonds. The van der Waals surface area contributed by atoms with E-state index in [2.05, 4.69) is 12.2 Å². The van der Waals surface area contributed by atoms with Gasteiger partial charge in [-0.1, -0.05) is 74.9 Å². The van der Waals surface area contributed by atoms with Gasteiger partial charge in [0.1, 0.15) is 6.04 Å². The number of likely N-dealkylation sites (tertiary alicyclic amines) is 1. The molecule has 7 nitrogen and oxygen atoms in total. The summed E-state index contributed by atoms with van der Waals surface area (Å²) in [6.45, 7) is 11.3. The number of nitrogens with zero attached hydrogens (tertiary/aromatic N) is 3. The second kappa shape index (κ2) is 10.4. The fraction of sp³-hybridized carbons (Fsp3) is 0.581. The highest BCUT2D eigenvalue weighted by atomic mass is 32.2. The largest absolute Gasteiger partial charge is 0.394 e. The summed E-state index contributed by atoms with van der Waals surface area (Å²) in [5.41, 5.74) is 1.04. The van der Waals surface area contributed by atoms with Gasteiger partial charge in [-0.05, 0) is 32.3 Å². The maximum atomic E-state index is 14.6. The summed E-state index contributed by atoms with van der Waals surface area (Å²) in [7, 11) is 0. The van der Waals surface area contributed by atoms with Crippen molar-refractivity contribution >= 4 is 29.5 Å². The highest BCUT2D eigenvalue weighted by molar-refractivity contribution is 8.02. The van der Waals surface area contributed by atoms with Gasteiger partial charge in [-0.3, -0.25) is 14.4 Å². The molecular formula is C31H41N3O4S. The Morgan fingerprint density at radius 3 is 2.31 bits per heavy atom. The van der Waals surface area contributed by atoms with E-state index in [-0.39, 0.29) is 36.3 Å². The fourth-order valence-electron chi connectivity index (χ4n) is 7.11. The second-order valence-electron chi connectivity index (χ2n) is 12.0. The summed E-state index contributed by atoms with van der Waals surface area (Å²) in [6, 6.07) is 8.59. The van der Waals surface area contributed by atoms with E-state index in [1.165, 1.54) is 0 Å². The number of aliphatic hydroxyl groups is 1. The highest BCUT2D eigenvalue weighted by Gasteiger charge is 2.74. The van der Waals surface area contributed by atoms with Crippen LogP contribution in [-0.2, 0) is 20.9 Å². The summed E-state index contributed by atoms with van der Waals surface area (Å²) in [5.74, 6) is -1.66. The average molecular weight is 552 g/mol. The Morgan fingerprint density at radius 2 is 1.67 bits per heavy atom. The van der Waals surface area contributed by atoms with E-state index in [1.54, 1.807) is 16.7 Å². The number of rotatable bonds is 7. The molecular weight excluding hydrogens is 510 g/mol. The van der Waals surface area contributed by atoms with Crippen LogP contribution < -0.4 is 0 Å². The molecule has 7 atom stereocenters. The Morgan fingerprint density at radius 1 is 0.974 bits per heavy atom. The molecule has 4 aliphatic heterocycles. The van der Waals surface area contributed by atoms with Gasteiger partial charge in [0.25, 0.3) is 0 Å². The van der Waals surface area contributed by atoms with Gasteiger partial charge in [-0.2, -0.15) is 0 Å². The normalized spacial score (nSPS) is 33.7. The van der Waals surface area contributed by atoms with Crippen molar-refractivity contribution in [2.24, 2.45) is 17.8 Å². The van der Waals surface area contributed by atoms with Gasteiger partial charge in [0.2, 0.25) is 17.7 Å². The maximum absolute atomic E-state index is 14.6. The van der Waals surface area contributed by atoms with Crippen LogP contribution in [0.5, 0.6) is 0 Å². The molecule has 0 aliphatic carbocycles. The van der Waals surface area contributed by atoms with Crippen molar-refractivity contribution < 1.29 is 19.5 Å². The van der Waals surface area contributed by atoms with E-state index in [0.29, 0.717) is 19.6 Å². The molecule has 1 aromatic carbocycles. The van der Waals surface area contributed by atoms with Crippen LogP contribution in [0.25, 0.3) is 0 Å². The topological polar surface area (TPSA) is 81.2 Å². The lowest BCUT2D eigenvalue weighted by Gasteiger charge is -2.42. The summed E-state index contributed by atoms with van der Waals surface area (Å²) in [5, 5.41) is 10.5. The molecule has 1 unspecified atom stereocenters. The third kappa shape index (κ3) is 4.34. The maximum Gasteiger partial charge on any atom is 0.247 e. The minimum atomic E-state index is -0.895. The van der Waals surface area contributed by atoms with Gasteiger partial charge in [0, 0.05) is 30.4 Å². The molecule has 1 aromatic rings. The van der Waals surface area contributed by atoms with Crippen LogP contribution in [0.3, 0.4) is 0 Å². The molecule has 1 spiro atoms. The van der Waals surface area contributed by atoms with E-state index < -0.39 is 33.4 Å².